The predicted molar refractivity (Wildman–Crippen MR) is 166 cm³/mol. The van der Waals surface area contributed by atoms with Crippen LogP contribution in [0, 0.1) is 0 Å². The molecule has 1 unspecified atom stereocenters. The normalized spacial score (nSPS) is 20.2. The Kier molecular flexibility index (Phi) is 9.39. The van der Waals surface area contributed by atoms with E-state index in [-0.39, 0.29) is 12.5 Å². The van der Waals surface area contributed by atoms with E-state index in [2.05, 4.69) is 15.3 Å². The molecule has 0 aliphatic carbocycles. The molecule has 2 amide bonds. The molecule has 2 saturated heterocycles. The summed E-state index contributed by atoms with van der Waals surface area (Å²) in [6.45, 7) is 4.46. The molecule has 3 aromatic rings. The highest BCUT2D eigenvalue weighted by Crippen LogP contribution is 2.28. The highest BCUT2D eigenvalue weighted by atomic mass is 19.4. The van der Waals surface area contributed by atoms with Crippen LogP contribution in [0.3, 0.4) is 0 Å². The number of halogens is 3. The molecule has 0 radical (unpaired) electrons. The van der Waals surface area contributed by atoms with Gasteiger partial charge in [-0.1, -0.05) is 18.9 Å². The average molecular weight is 624 g/mol. The molecule has 1 atom stereocenters. The van der Waals surface area contributed by atoms with Crippen molar-refractivity contribution in [3.8, 4) is 0 Å². The number of rotatable bonds is 7. The number of likely N-dealkylation sites (tertiary alicyclic amines) is 2. The van der Waals surface area contributed by atoms with Crippen molar-refractivity contribution >= 4 is 34.7 Å². The molecule has 12 heteroatoms. The van der Waals surface area contributed by atoms with E-state index in [0.717, 1.165) is 55.8 Å². The maximum absolute atomic E-state index is 13.4. The largest absolute Gasteiger partial charge is 0.389 e. The van der Waals surface area contributed by atoms with Gasteiger partial charge in [0.15, 0.2) is 5.65 Å². The summed E-state index contributed by atoms with van der Waals surface area (Å²) in [6, 6.07) is 11.7. The first-order valence-electron chi connectivity index (χ1n) is 16.0. The van der Waals surface area contributed by atoms with Gasteiger partial charge < -0.3 is 15.1 Å². The van der Waals surface area contributed by atoms with Crippen LogP contribution in [0.2, 0.25) is 0 Å². The topological polar surface area (TPSA) is 86.1 Å². The fourth-order valence-electron chi connectivity index (χ4n) is 6.66. The number of hydrogen-bond acceptors (Lipinski definition) is 6. The lowest BCUT2D eigenvalue weighted by Gasteiger charge is -2.39. The second-order valence-corrected chi connectivity index (χ2v) is 12.3. The van der Waals surface area contributed by atoms with Crippen LogP contribution in [0.25, 0.3) is 11.2 Å². The summed E-state index contributed by atoms with van der Waals surface area (Å²) in [5.74, 6) is -0.0216. The van der Waals surface area contributed by atoms with Crippen LogP contribution in [-0.2, 0) is 4.79 Å². The van der Waals surface area contributed by atoms with E-state index in [0.29, 0.717) is 36.2 Å². The van der Waals surface area contributed by atoms with Crippen molar-refractivity contribution in [2.24, 2.45) is 0 Å². The first-order chi connectivity index (χ1) is 21.7. The third kappa shape index (κ3) is 7.66. The maximum atomic E-state index is 13.4. The number of hydrogen-bond donors (Lipinski definition) is 1. The van der Waals surface area contributed by atoms with Crippen molar-refractivity contribution in [3.63, 3.8) is 0 Å². The third-order valence-electron chi connectivity index (χ3n) is 9.12. The summed E-state index contributed by atoms with van der Waals surface area (Å²) in [6.07, 6.45) is 5.49. The van der Waals surface area contributed by atoms with E-state index in [1.165, 1.54) is 30.6 Å². The molecule has 45 heavy (non-hydrogen) atoms. The first kappa shape index (κ1) is 31.1. The minimum atomic E-state index is -4.34. The van der Waals surface area contributed by atoms with E-state index < -0.39 is 24.9 Å². The number of alkyl halides is 3. The molecule has 2 fully saturated rings. The SMILES string of the molecule is O=C(CCC(F)(F)F)N1CC=C(c2cccn3nc(Nc4ccc(C(=O)N5CCCC(N6CCCCCC6)C5)cc4)nc23)CC1. The maximum Gasteiger partial charge on any atom is 0.389 e. The van der Waals surface area contributed by atoms with Crippen molar-refractivity contribution in [3.05, 3.63) is 59.8 Å². The van der Waals surface area contributed by atoms with Crippen molar-refractivity contribution < 1.29 is 22.8 Å². The number of benzene rings is 1. The van der Waals surface area contributed by atoms with Crippen molar-refractivity contribution in [1.82, 2.24) is 29.3 Å². The number of piperidine rings is 1. The lowest BCUT2D eigenvalue weighted by Crippen LogP contribution is -2.50. The van der Waals surface area contributed by atoms with Gasteiger partial charge in [-0.2, -0.15) is 18.2 Å². The molecule has 6 rings (SSSR count). The minimum absolute atomic E-state index is 0.0675. The molecule has 5 heterocycles. The smallest absolute Gasteiger partial charge is 0.339 e. The van der Waals surface area contributed by atoms with Gasteiger partial charge in [-0.25, -0.2) is 4.52 Å². The number of nitrogens with one attached hydrogen (secondary N) is 1. The van der Waals surface area contributed by atoms with Gasteiger partial charge in [0.25, 0.3) is 5.91 Å². The Morgan fingerprint density at radius 1 is 0.933 bits per heavy atom. The molecule has 3 aliphatic rings. The van der Waals surface area contributed by atoms with Gasteiger partial charge in [-0.15, -0.1) is 5.10 Å². The number of pyridine rings is 1. The summed E-state index contributed by atoms with van der Waals surface area (Å²) < 4.78 is 39.3. The van der Waals surface area contributed by atoms with Crippen LogP contribution in [0.4, 0.5) is 24.8 Å². The molecule has 2 aromatic heterocycles. The molecular formula is C33H40F3N7O2. The number of anilines is 2. The van der Waals surface area contributed by atoms with Crippen LogP contribution < -0.4 is 5.32 Å². The van der Waals surface area contributed by atoms with E-state index in [1.807, 2.05) is 47.4 Å². The fourth-order valence-corrected chi connectivity index (χ4v) is 6.66. The van der Waals surface area contributed by atoms with Gasteiger partial charge in [-0.05, 0) is 87.2 Å². The summed E-state index contributed by atoms with van der Waals surface area (Å²) in [5, 5.41) is 7.80. The van der Waals surface area contributed by atoms with Crippen molar-refractivity contribution in [2.45, 2.75) is 70.0 Å². The second-order valence-electron chi connectivity index (χ2n) is 12.3. The van der Waals surface area contributed by atoms with Crippen LogP contribution in [0.1, 0.15) is 73.7 Å². The third-order valence-corrected chi connectivity index (χ3v) is 9.12. The highest BCUT2D eigenvalue weighted by molar-refractivity contribution is 5.94. The summed E-state index contributed by atoms with van der Waals surface area (Å²) in [7, 11) is 0. The van der Waals surface area contributed by atoms with Crippen LogP contribution in [-0.4, -0.2) is 92.6 Å². The van der Waals surface area contributed by atoms with E-state index >= 15 is 0 Å². The Morgan fingerprint density at radius 2 is 1.71 bits per heavy atom. The Bertz CT molecular complexity index is 1530. The van der Waals surface area contributed by atoms with E-state index in [4.69, 9.17) is 4.98 Å². The van der Waals surface area contributed by atoms with Gasteiger partial charge in [0.05, 0.1) is 6.42 Å². The Hall–Kier alpha value is -3.93. The summed E-state index contributed by atoms with van der Waals surface area (Å²) in [5.41, 5.74) is 3.89. The Labute approximate surface area is 261 Å². The Morgan fingerprint density at radius 3 is 2.42 bits per heavy atom. The lowest BCUT2D eigenvalue weighted by atomic mass is 10.00. The fraction of sp³-hybridized carbons (Fsp3) is 0.515. The molecule has 1 N–H and O–H groups in total. The van der Waals surface area contributed by atoms with Gasteiger partial charge in [-0.3, -0.25) is 14.5 Å². The molecule has 240 valence electrons. The molecule has 0 spiro atoms. The van der Waals surface area contributed by atoms with Crippen molar-refractivity contribution in [1.29, 1.82) is 0 Å². The molecule has 0 saturated carbocycles. The highest BCUT2D eigenvalue weighted by Gasteiger charge is 2.30. The molecule has 1 aromatic carbocycles. The average Bonchev–Trinajstić information content (AvgIpc) is 3.26. The van der Waals surface area contributed by atoms with Crippen LogP contribution in [0.5, 0.6) is 0 Å². The molecule has 0 bridgehead atoms. The number of aromatic nitrogens is 3. The van der Waals surface area contributed by atoms with Gasteiger partial charge >= 0.3 is 6.18 Å². The monoisotopic (exact) mass is 623 g/mol. The molecule has 3 aliphatic heterocycles. The van der Waals surface area contributed by atoms with Crippen LogP contribution in [0.15, 0.2) is 48.7 Å². The minimum Gasteiger partial charge on any atom is -0.339 e. The lowest BCUT2D eigenvalue weighted by molar-refractivity contribution is -0.148. The standard InChI is InChI=1S/C33H40F3N7O2/c34-33(35,36)16-13-29(44)41-21-14-24(15-22-41)28-8-6-20-43-30(28)38-32(39-43)37-26-11-9-25(10-12-26)31(45)42-19-5-7-27(23-42)40-17-3-1-2-4-18-40/h6,8-12,14,20,27H,1-5,7,13,15-19,21-23H2,(H,37,39). The van der Waals surface area contributed by atoms with Gasteiger partial charge in [0, 0.05) is 61.7 Å². The number of nitrogens with zero attached hydrogens (tertiary/aromatic N) is 6. The number of carbonyl (C=O) groups excluding carboxylic acids is 2. The second kappa shape index (κ2) is 13.6. The number of amides is 2. The van der Waals surface area contributed by atoms with Gasteiger partial charge in [0.2, 0.25) is 11.9 Å². The first-order valence-corrected chi connectivity index (χ1v) is 16.0. The summed E-state index contributed by atoms with van der Waals surface area (Å²) >= 11 is 0. The zero-order chi connectivity index (χ0) is 31.4. The predicted octanol–water partition coefficient (Wildman–Crippen LogP) is 5.91. The number of carbonyl (C=O) groups is 2. The van der Waals surface area contributed by atoms with Crippen molar-refractivity contribution in [2.75, 3.05) is 44.6 Å². The van der Waals surface area contributed by atoms with E-state index in [9.17, 15) is 22.8 Å². The van der Waals surface area contributed by atoms with Gasteiger partial charge in [0.1, 0.15) is 0 Å². The summed E-state index contributed by atoms with van der Waals surface area (Å²) in [4.78, 5) is 36.4. The zero-order valence-electron chi connectivity index (χ0n) is 25.4. The molecule has 9 nitrogen and oxygen atoms in total. The zero-order valence-corrected chi connectivity index (χ0v) is 25.4. The van der Waals surface area contributed by atoms with Crippen LogP contribution >= 0.6 is 0 Å². The Balaban J connectivity index is 1.08. The quantitative estimate of drug-likeness (QED) is 0.352. The molecular weight excluding hydrogens is 583 g/mol. The van der Waals surface area contributed by atoms with E-state index in [1.54, 1.807) is 10.7 Å². The number of fused-ring (bicyclic) bond motifs is 1.